The number of hydrogen-bond donors (Lipinski definition) is 0. The second kappa shape index (κ2) is 5.68. The van der Waals surface area contributed by atoms with Crippen molar-refractivity contribution in [2.45, 2.75) is 50.5 Å². The Morgan fingerprint density at radius 2 is 1.65 bits per heavy atom. The van der Waals surface area contributed by atoms with Gasteiger partial charge < -0.3 is 4.90 Å². The third kappa shape index (κ3) is 3.10. The summed E-state index contributed by atoms with van der Waals surface area (Å²) in [7, 11) is 4.52. The van der Waals surface area contributed by atoms with E-state index < -0.39 is 0 Å². The molecule has 1 aromatic rings. The zero-order valence-corrected chi connectivity index (χ0v) is 11.3. The quantitative estimate of drug-likeness (QED) is 0.760. The van der Waals surface area contributed by atoms with Crippen molar-refractivity contribution >= 4 is 0 Å². The van der Waals surface area contributed by atoms with Crippen molar-refractivity contribution in [3.05, 3.63) is 35.9 Å². The SMILES string of the molecule is CN(C)C1(CCc2ccccc2)CCCCC1. The first-order valence-corrected chi connectivity index (χ1v) is 6.94. The predicted octanol–water partition coefficient (Wildman–Crippen LogP) is 3.88. The Kier molecular flexibility index (Phi) is 4.22. The molecule has 1 aromatic carbocycles. The van der Waals surface area contributed by atoms with Crippen LogP contribution in [0.4, 0.5) is 0 Å². The molecule has 0 unspecified atom stereocenters. The highest BCUT2D eigenvalue weighted by Crippen LogP contribution is 2.35. The van der Waals surface area contributed by atoms with Crippen molar-refractivity contribution in [1.29, 1.82) is 0 Å². The number of aryl methyl sites for hydroxylation is 1. The van der Waals surface area contributed by atoms with Crippen LogP contribution in [0.15, 0.2) is 30.3 Å². The molecule has 1 fully saturated rings. The van der Waals surface area contributed by atoms with Crippen molar-refractivity contribution in [3.8, 4) is 0 Å². The van der Waals surface area contributed by atoms with Crippen LogP contribution >= 0.6 is 0 Å². The Morgan fingerprint density at radius 1 is 1.00 bits per heavy atom. The Labute approximate surface area is 106 Å². The maximum absolute atomic E-state index is 2.48. The number of rotatable bonds is 4. The summed E-state index contributed by atoms with van der Waals surface area (Å²) in [6.45, 7) is 0. The molecular weight excluding hydrogens is 206 g/mol. The van der Waals surface area contributed by atoms with E-state index >= 15 is 0 Å². The standard InChI is InChI=1S/C16H25N/c1-17(2)16(12-7-4-8-13-16)14-11-15-9-5-3-6-10-15/h3,5-6,9-10H,4,7-8,11-14H2,1-2H3. The Bertz CT molecular complexity index is 323. The van der Waals surface area contributed by atoms with E-state index in [9.17, 15) is 0 Å². The maximum atomic E-state index is 2.48. The van der Waals surface area contributed by atoms with Gasteiger partial charge in [-0.3, -0.25) is 0 Å². The molecule has 1 nitrogen and oxygen atoms in total. The second-order valence-corrected chi connectivity index (χ2v) is 5.67. The number of hydrogen-bond acceptors (Lipinski definition) is 1. The molecule has 0 bridgehead atoms. The topological polar surface area (TPSA) is 3.24 Å². The summed E-state index contributed by atoms with van der Waals surface area (Å²) in [5.74, 6) is 0. The van der Waals surface area contributed by atoms with E-state index in [1.54, 1.807) is 0 Å². The molecule has 0 radical (unpaired) electrons. The fourth-order valence-electron chi connectivity index (χ4n) is 3.15. The lowest BCUT2D eigenvalue weighted by molar-refractivity contribution is 0.0907. The molecule has 94 valence electrons. The van der Waals surface area contributed by atoms with Gasteiger partial charge in [0.2, 0.25) is 0 Å². The van der Waals surface area contributed by atoms with Crippen LogP contribution < -0.4 is 0 Å². The van der Waals surface area contributed by atoms with Crippen molar-refractivity contribution in [2.75, 3.05) is 14.1 Å². The number of nitrogens with zero attached hydrogens (tertiary/aromatic N) is 1. The molecule has 0 heterocycles. The molecule has 1 aliphatic rings. The molecule has 2 rings (SSSR count). The minimum absolute atomic E-state index is 0.466. The number of benzene rings is 1. The summed E-state index contributed by atoms with van der Waals surface area (Å²) in [5.41, 5.74) is 1.95. The van der Waals surface area contributed by atoms with Gasteiger partial charge in [-0.15, -0.1) is 0 Å². The van der Waals surface area contributed by atoms with E-state index in [0.717, 1.165) is 0 Å². The fraction of sp³-hybridized carbons (Fsp3) is 0.625. The molecular formula is C16H25N. The van der Waals surface area contributed by atoms with Crippen LogP contribution in [-0.4, -0.2) is 24.5 Å². The maximum Gasteiger partial charge on any atom is 0.0206 e. The summed E-state index contributed by atoms with van der Waals surface area (Å²) >= 11 is 0. The predicted molar refractivity (Wildman–Crippen MR) is 74.3 cm³/mol. The molecule has 1 saturated carbocycles. The Balaban J connectivity index is 1.98. The van der Waals surface area contributed by atoms with Crippen LogP contribution in [0.3, 0.4) is 0 Å². The summed E-state index contributed by atoms with van der Waals surface area (Å²) < 4.78 is 0. The summed E-state index contributed by atoms with van der Waals surface area (Å²) in [5, 5.41) is 0. The smallest absolute Gasteiger partial charge is 0.0206 e. The van der Waals surface area contributed by atoms with Gasteiger partial charge in [0.15, 0.2) is 0 Å². The van der Waals surface area contributed by atoms with Gasteiger partial charge in [-0.1, -0.05) is 49.6 Å². The summed E-state index contributed by atoms with van der Waals surface area (Å²) in [6.07, 6.45) is 9.55. The fourth-order valence-corrected chi connectivity index (χ4v) is 3.15. The lowest BCUT2D eigenvalue weighted by Gasteiger charge is -2.43. The highest BCUT2D eigenvalue weighted by molar-refractivity contribution is 5.15. The third-order valence-corrected chi connectivity index (χ3v) is 4.45. The third-order valence-electron chi connectivity index (χ3n) is 4.45. The van der Waals surface area contributed by atoms with Gasteiger partial charge in [0, 0.05) is 5.54 Å². The van der Waals surface area contributed by atoms with Crippen molar-refractivity contribution in [1.82, 2.24) is 4.90 Å². The van der Waals surface area contributed by atoms with Crippen LogP contribution in [0.1, 0.15) is 44.1 Å². The van der Waals surface area contributed by atoms with E-state index in [-0.39, 0.29) is 0 Å². The van der Waals surface area contributed by atoms with Crippen molar-refractivity contribution in [2.24, 2.45) is 0 Å². The minimum atomic E-state index is 0.466. The van der Waals surface area contributed by atoms with Crippen LogP contribution in [0.5, 0.6) is 0 Å². The van der Waals surface area contributed by atoms with Gasteiger partial charge in [-0.2, -0.15) is 0 Å². The van der Waals surface area contributed by atoms with Gasteiger partial charge in [-0.05, 0) is 45.3 Å². The monoisotopic (exact) mass is 231 g/mol. The molecule has 0 spiro atoms. The van der Waals surface area contributed by atoms with Gasteiger partial charge in [0.1, 0.15) is 0 Å². The van der Waals surface area contributed by atoms with Gasteiger partial charge in [0.25, 0.3) is 0 Å². The molecule has 0 amide bonds. The molecule has 0 aromatic heterocycles. The van der Waals surface area contributed by atoms with Crippen LogP contribution in [0.25, 0.3) is 0 Å². The zero-order valence-electron chi connectivity index (χ0n) is 11.3. The van der Waals surface area contributed by atoms with E-state index in [0.29, 0.717) is 5.54 Å². The lowest BCUT2D eigenvalue weighted by Crippen LogP contribution is -2.46. The van der Waals surface area contributed by atoms with Crippen LogP contribution in [0.2, 0.25) is 0 Å². The van der Waals surface area contributed by atoms with Gasteiger partial charge >= 0.3 is 0 Å². The van der Waals surface area contributed by atoms with Gasteiger partial charge in [0.05, 0.1) is 0 Å². The minimum Gasteiger partial charge on any atom is -0.304 e. The van der Waals surface area contributed by atoms with Crippen LogP contribution in [-0.2, 0) is 6.42 Å². The van der Waals surface area contributed by atoms with Crippen LogP contribution in [0, 0.1) is 0 Å². The van der Waals surface area contributed by atoms with E-state index in [1.165, 1.54) is 50.5 Å². The average molecular weight is 231 g/mol. The van der Waals surface area contributed by atoms with Gasteiger partial charge in [-0.25, -0.2) is 0 Å². The molecule has 0 saturated heterocycles. The molecule has 1 heteroatoms. The second-order valence-electron chi connectivity index (χ2n) is 5.67. The first-order valence-electron chi connectivity index (χ1n) is 6.94. The molecule has 17 heavy (non-hydrogen) atoms. The Morgan fingerprint density at radius 3 is 2.24 bits per heavy atom. The normalized spacial score (nSPS) is 19.5. The molecule has 0 atom stereocenters. The average Bonchev–Trinajstić information content (AvgIpc) is 2.38. The molecule has 0 aliphatic heterocycles. The van der Waals surface area contributed by atoms with Crippen molar-refractivity contribution < 1.29 is 0 Å². The van der Waals surface area contributed by atoms with E-state index in [2.05, 4.69) is 49.3 Å². The highest BCUT2D eigenvalue weighted by Gasteiger charge is 2.33. The molecule has 0 N–H and O–H groups in total. The molecule has 1 aliphatic carbocycles. The first-order chi connectivity index (χ1) is 8.23. The lowest BCUT2D eigenvalue weighted by atomic mass is 9.77. The van der Waals surface area contributed by atoms with E-state index in [1.807, 2.05) is 0 Å². The zero-order chi connectivity index (χ0) is 12.1. The van der Waals surface area contributed by atoms with E-state index in [4.69, 9.17) is 0 Å². The Hall–Kier alpha value is -0.820. The van der Waals surface area contributed by atoms with Crippen molar-refractivity contribution in [3.63, 3.8) is 0 Å². The highest BCUT2D eigenvalue weighted by atomic mass is 15.1. The largest absolute Gasteiger partial charge is 0.304 e. The summed E-state index contributed by atoms with van der Waals surface area (Å²) in [6, 6.07) is 10.9. The first kappa shape index (κ1) is 12.6. The summed E-state index contributed by atoms with van der Waals surface area (Å²) in [4.78, 5) is 2.48.